The van der Waals surface area contributed by atoms with Gasteiger partial charge in [0.2, 0.25) is 5.88 Å². The lowest BCUT2D eigenvalue weighted by atomic mass is 10.2. The molecule has 0 aliphatic heterocycles. The van der Waals surface area contributed by atoms with Crippen molar-refractivity contribution in [2.75, 3.05) is 7.11 Å². The zero-order valence-corrected chi connectivity index (χ0v) is 11.5. The van der Waals surface area contributed by atoms with Gasteiger partial charge in [-0.1, -0.05) is 0 Å². The predicted molar refractivity (Wildman–Crippen MR) is 73.7 cm³/mol. The van der Waals surface area contributed by atoms with Crippen molar-refractivity contribution in [1.82, 2.24) is 4.98 Å². The van der Waals surface area contributed by atoms with Crippen LogP contribution in [0.4, 0.5) is 0 Å². The maximum atomic E-state index is 10.9. The van der Waals surface area contributed by atoms with Gasteiger partial charge in [0, 0.05) is 12.1 Å². The van der Waals surface area contributed by atoms with Gasteiger partial charge in [-0.2, -0.15) is 5.26 Å². The number of rotatable bonds is 4. The first kappa shape index (κ1) is 14.3. The Kier molecular flexibility index (Phi) is 4.05. The second-order valence-electron chi connectivity index (χ2n) is 4.17. The minimum Gasteiger partial charge on any atom is -0.493 e. The summed E-state index contributed by atoms with van der Waals surface area (Å²) in [6.45, 7) is 1.59. The number of methoxy groups -OCH3 is 1. The fraction of sp³-hybridized carbons (Fsp3) is 0.133. The molecule has 0 aliphatic carbocycles. The number of carbonyl (C=O) groups is 1. The molecular weight excluding hydrogens is 272 g/mol. The number of nitriles is 1. The summed E-state index contributed by atoms with van der Waals surface area (Å²) in [5.41, 5.74) is 0.923. The van der Waals surface area contributed by atoms with E-state index in [2.05, 4.69) is 4.98 Å². The summed E-state index contributed by atoms with van der Waals surface area (Å²) >= 11 is 0. The molecule has 1 N–H and O–H groups in total. The van der Waals surface area contributed by atoms with Crippen molar-refractivity contribution in [3.63, 3.8) is 0 Å². The Morgan fingerprint density at radius 1 is 1.29 bits per heavy atom. The molecule has 0 amide bonds. The smallest absolute Gasteiger partial charge is 0.337 e. The molecule has 0 radical (unpaired) electrons. The minimum atomic E-state index is -1.04. The summed E-state index contributed by atoms with van der Waals surface area (Å²) < 4.78 is 10.7. The fourth-order valence-corrected chi connectivity index (χ4v) is 1.76. The second-order valence-corrected chi connectivity index (χ2v) is 4.17. The van der Waals surface area contributed by atoms with E-state index in [0.717, 1.165) is 0 Å². The quantitative estimate of drug-likeness (QED) is 0.928. The molecule has 0 bridgehead atoms. The summed E-state index contributed by atoms with van der Waals surface area (Å²) in [6, 6.07) is 9.64. The molecule has 0 aliphatic rings. The molecule has 21 heavy (non-hydrogen) atoms. The van der Waals surface area contributed by atoms with E-state index >= 15 is 0 Å². The highest BCUT2D eigenvalue weighted by Crippen LogP contribution is 2.31. The molecule has 2 rings (SSSR count). The number of aromatic carboxylic acids is 1. The molecule has 0 atom stereocenters. The summed E-state index contributed by atoms with van der Waals surface area (Å²) in [5.74, 6) is 0.00491. The van der Waals surface area contributed by atoms with Crippen molar-refractivity contribution >= 4 is 5.97 Å². The van der Waals surface area contributed by atoms with Crippen molar-refractivity contribution in [2.24, 2.45) is 0 Å². The van der Waals surface area contributed by atoms with Crippen LogP contribution in [-0.4, -0.2) is 23.2 Å². The lowest BCUT2D eigenvalue weighted by Gasteiger charge is -2.10. The van der Waals surface area contributed by atoms with Crippen molar-refractivity contribution in [3.8, 4) is 23.4 Å². The van der Waals surface area contributed by atoms with Crippen LogP contribution in [0.15, 0.2) is 30.3 Å². The number of carboxylic acid groups (broad SMARTS) is 1. The summed E-state index contributed by atoms with van der Waals surface area (Å²) in [4.78, 5) is 15.0. The van der Waals surface area contributed by atoms with Crippen LogP contribution in [0, 0.1) is 18.3 Å². The standard InChI is InChI=1S/C15H12N2O4/c1-9-11(15(18)19)4-6-14(17-9)21-12-5-3-10(8-16)7-13(12)20-2/h3-7H,1-2H3,(H,18,19). The van der Waals surface area contributed by atoms with Crippen molar-refractivity contribution < 1.29 is 19.4 Å². The third-order valence-corrected chi connectivity index (χ3v) is 2.80. The first-order chi connectivity index (χ1) is 10.0. The minimum absolute atomic E-state index is 0.120. The van der Waals surface area contributed by atoms with Gasteiger partial charge in [-0.25, -0.2) is 9.78 Å². The van der Waals surface area contributed by atoms with Gasteiger partial charge in [0.15, 0.2) is 11.5 Å². The number of pyridine rings is 1. The molecule has 0 fully saturated rings. The second kappa shape index (κ2) is 5.92. The van der Waals surface area contributed by atoms with Crippen LogP contribution in [0.5, 0.6) is 17.4 Å². The van der Waals surface area contributed by atoms with E-state index in [9.17, 15) is 4.79 Å². The van der Waals surface area contributed by atoms with E-state index in [0.29, 0.717) is 22.8 Å². The number of aryl methyl sites for hydroxylation is 1. The first-order valence-corrected chi connectivity index (χ1v) is 6.02. The fourth-order valence-electron chi connectivity index (χ4n) is 1.76. The molecule has 6 heteroatoms. The Hall–Kier alpha value is -3.07. The summed E-state index contributed by atoms with van der Waals surface area (Å²) in [7, 11) is 1.47. The topological polar surface area (TPSA) is 92.4 Å². The van der Waals surface area contributed by atoms with Crippen molar-refractivity contribution in [3.05, 3.63) is 47.2 Å². The van der Waals surface area contributed by atoms with E-state index in [1.165, 1.54) is 19.2 Å². The number of benzene rings is 1. The number of nitrogens with zero attached hydrogens (tertiary/aromatic N) is 2. The zero-order valence-electron chi connectivity index (χ0n) is 11.5. The van der Waals surface area contributed by atoms with Crippen LogP contribution < -0.4 is 9.47 Å². The molecule has 6 nitrogen and oxygen atoms in total. The maximum absolute atomic E-state index is 10.9. The van der Waals surface area contributed by atoms with Gasteiger partial charge >= 0.3 is 5.97 Å². The van der Waals surface area contributed by atoms with Gasteiger partial charge in [0.1, 0.15) is 0 Å². The SMILES string of the molecule is COc1cc(C#N)ccc1Oc1ccc(C(=O)O)c(C)n1. The molecule has 1 aromatic heterocycles. The van der Waals surface area contributed by atoms with Crippen LogP contribution in [-0.2, 0) is 0 Å². The molecule has 0 spiro atoms. The Morgan fingerprint density at radius 2 is 2.05 bits per heavy atom. The lowest BCUT2D eigenvalue weighted by Crippen LogP contribution is -2.02. The van der Waals surface area contributed by atoms with Crippen LogP contribution in [0.2, 0.25) is 0 Å². The molecule has 2 aromatic rings. The maximum Gasteiger partial charge on any atom is 0.337 e. The van der Waals surface area contributed by atoms with E-state index in [1.54, 1.807) is 25.1 Å². The predicted octanol–water partition coefficient (Wildman–Crippen LogP) is 2.76. The van der Waals surface area contributed by atoms with Gasteiger partial charge in [-0.05, 0) is 25.1 Å². The first-order valence-electron chi connectivity index (χ1n) is 6.02. The van der Waals surface area contributed by atoms with Crippen molar-refractivity contribution in [2.45, 2.75) is 6.92 Å². The summed E-state index contributed by atoms with van der Waals surface area (Å²) in [6.07, 6.45) is 0. The Morgan fingerprint density at radius 3 is 2.62 bits per heavy atom. The largest absolute Gasteiger partial charge is 0.493 e. The Balaban J connectivity index is 2.32. The number of hydrogen-bond donors (Lipinski definition) is 1. The molecule has 1 aromatic carbocycles. The Labute approximate surface area is 121 Å². The molecular formula is C15H12N2O4. The van der Waals surface area contributed by atoms with E-state index in [4.69, 9.17) is 19.8 Å². The lowest BCUT2D eigenvalue weighted by molar-refractivity contribution is 0.0695. The number of ether oxygens (including phenoxy) is 2. The third-order valence-electron chi connectivity index (χ3n) is 2.80. The zero-order chi connectivity index (χ0) is 15.4. The highest BCUT2D eigenvalue weighted by molar-refractivity contribution is 5.88. The van der Waals surface area contributed by atoms with Gasteiger partial charge in [-0.3, -0.25) is 0 Å². The van der Waals surface area contributed by atoms with E-state index in [-0.39, 0.29) is 11.4 Å². The van der Waals surface area contributed by atoms with E-state index < -0.39 is 5.97 Å². The number of carboxylic acids is 1. The molecule has 106 valence electrons. The van der Waals surface area contributed by atoms with Crippen LogP contribution in [0.1, 0.15) is 21.6 Å². The highest BCUT2D eigenvalue weighted by Gasteiger charge is 2.12. The van der Waals surface area contributed by atoms with Crippen LogP contribution >= 0.6 is 0 Å². The van der Waals surface area contributed by atoms with Gasteiger partial charge in [0.05, 0.1) is 30.0 Å². The average Bonchev–Trinajstić information content (AvgIpc) is 2.47. The number of hydrogen-bond acceptors (Lipinski definition) is 5. The van der Waals surface area contributed by atoms with Crippen LogP contribution in [0.3, 0.4) is 0 Å². The average molecular weight is 284 g/mol. The van der Waals surface area contributed by atoms with Crippen LogP contribution in [0.25, 0.3) is 0 Å². The van der Waals surface area contributed by atoms with Gasteiger partial charge < -0.3 is 14.6 Å². The molecule has 0 unspecified atom stereocenters. The van der Waals surface area contributed by atoms with Gasteiger partial charge in [0.25, 0.3) is 0 Å². The molecule has 0 saturated carbocycles. The number of aromatic nitrogens is 1. The third kappa shape index (κ3) is 3.09. The van der Waals surface area contributed by atoms with Crippen molar-refractivity contribution in [1.29, 1.82) is 5.26 Å². The summed E-state index contributed by atoms with van der Waals surface area (Å²) in [5, 5.41) is 17.8. The normalized spacial score (nSPS) is 9.76. The molecule has 1 heterocycles. The molecule has 0 saturated heterocycles. The monoisotopic (exact) mass is 284 g/mol. The van der Waals surface area contributed by atoms with E-state index in [1.807, 2.05) is 6.07 Å². The highest BCUT2D eigenvalue weighted by atomic mass is 16.5. The Bertz CT molecular complexity index is 735. The van der Waals surface area contributed by atoms with Gasteiger partial charge in [-0.15, -0.1) is 0 Å².